The van der Waals surface area contributed by atoms with E-state index in [0.717, 1.165) is 17.3 Å². The molecule has 0 bridgehead atoms. The van der Waals surface area contributed by atoms with Crippen LogP contribution in [-0.4, -0.2) is 19.0 Å². The number of anilines is 1. The van der Waals surface area contributed by atoms with Crippen molar-refractivity contribution in [1.82, 2.24) is 0 Å². The van der Waals surface area contributed by atoms with Crippen LogP contribution in [0.25, 0.3) is 0 Å². The summed E-state index contributed by atoms with van der Waals surface area (Å²) in [6.07, 6.45) is 2.24. The van der Waals surface area contributed by atoms with E-state index in [-0.39, 0.29) is 5.91 Å². The molecule has 0 aromatic heterocycles. The van der Waals surface area contributed by atoms with E-state index < -0.39 is 5.97 Å². The molecule has 1 aromatic rings. The Hall–Kier alpha value is -1.36. The highest BCUT2D eigenvalue weighted by Gasteiger charge is 2.14. The lowest BCUT2D eigenvalue weighted by molar-refractivity contribution is -0.116. The summed E-state index contributed by atoms with van der Waals surface area (Å²) in [6.45, 7) is 2.02. The normalized spacial score (nSPS) is 9.94. The van der Waals surface area contributed by atoms with Gasteiger partial charge in [0.15, 0.2) is 0 Å². The number of carbonyl (C=O) groups excluding carboxylic acids is 2. The SMILES string of the molecule is CCCCC(=O)Nc1ccc(Br)cc1C(=O)OC. The third-order valence-corrected chi connectivity index (χ3v) is 2.91. The van der Waals surface area contributed by atoms with E-state index in [1.807, 2.05) is 6.92 Å². The predicted octanol–water partition coefficient (Wildman–Crippen LogP) is 3.36. The Morgan fingerprint density at radius 1 is 1.39 bits per heavy atom. The summed E-state index contributed by atoms with van der Waals surface area (Å²) in [7, 11) is 1.31. The van der Waals surface area contributed by atoms with Gasteiger partial charge in [-0.3, -0.25) is 4.79 Å². The molecule has 18 heavy (non-hydrogen) atoms. The van der Waals surface area contributed by atoms with Crippen molar-refractivity contribution in [2.45, 2.75) is 26.2 Å². The molecule has 0 heterocycles. The highest BCUT2D eigenvalue weighted by molar-refractivity contribution is 9.10. The van der Waals surface area contributed by atoms with Crippen LogP contribution < -0.4 is 5.32 Å². The standard InChI is InChI=1S/C13H16BrNO3/c1-3-4-5-12(16)15-11-7-6-9(14)8-10(11)13(17)18-2/h6-8H,3-5H2,1-2H3,(H,15,16). The van der Waals surface area contributed by atoms with Crippen molar-refractivity contribution in [1.29, 1.82) is 0 Å². The maximum Gasteiger partial charge on any atom is 0.340 e. The smallest absolute Gasteiger partial charge is 0.340 e. The van der Waals surface area contributed by atoms with Crippen LogP contribution in [0.2, 0.25) is 0 Å². The number of methoxy groups -OCH3 is 1. The maximum absolute atomic E-state index is 11.6. The lowest BCUT2D eigenvalue weighted by Gasteiger charge is -2.10. The van der Waals surface area contributed by atoms with Crippen LogP contribution >= 0.6 is 15.9 Å². The largest absolute Gasteiger partial charge is 0.465 e. The van der Waals surface area contributed by atoms with Gasteiger partial charge in [0.25, 0.3) is 0 Å². The molecule has 0 radical (unpaired) electrons. The van der Waals surface area contributed by atoms with Gasteiger partial charge < -0.3 is 10.1 Å². The van der Waals surface area contributed by atoms with Gasteiger partial charge in [0.05, 0.1) is 18.4 Å². The number of ether oxygens (including phenoxy) is 1. The number of benzene rings is 1. The fourth-order valence-electron chi connectivity index (χ4n) is 1.45. The Morgan fingerprint density at radius 2 is 2.11 bits per heavy atom. The Labute approximate surface area is 115 Å². The van der Waals surface area contributed by atoms with Gasteiger partial charge in [-0.1, -0.05) is 29.3 Å². The van der Waals surface area contributed by atoms with Gasteiger partial charge in [-0.25, -0.2) is 4.79 Å². The van der Waals surface area contributed by atoms with Gasteiger partial charge in [-0.2, -0.15) is 0 Å². The first-order valence-electron chi connectivity index (χ1n) is 5.76. The molecule has 0 aliphatic carbocycles. The number of unbranched alkanes of at least 4 members (excludes halogenated alkanes) is 1. The first kappa shape index (κ1) is 14.7. The summed E-state index contributed by atoms with van der Waals surface area (Å²) in [5.74, 6) is -0.564. The third-order valence-electron chi connectivity index (χ3n) is 2.42. The van der Waals surface area contributed by atoms with E-state index in [1.54, 1.807) is 18.2 Å². The van der Waals surface area contributed by atoms with Crippen LogP contribution in [0.1, 0.15) is 36.5 Å². The fraction of sp³-hybridized carbons (Fsp3) is 0.385. The van der Waals surface area contributed by atoms with Crippen molar-refractivity contribution in [3.8, 4) is 0 Å². The number of amides is 1. The number of halogens is 1. The molecule has 0 aliphatic heterocycles. The number of carbonyl (C=O) groups is 2. The van der Waals surface area contributed by atoms with Gasteiger partial charge in [-0.05, 0) is 24.6 Å². The molecule has 0 fully saturated rings. The van der Waals surface area contributed by atoms with Crippen molar-refractivity contribution < 1.29 is 14.3 Å². The van der Waals surface area contributed by atoms with Gasteiger partial charge in [0.2, 0.25) is 5.91 Å². The zero-order valence-corrected chi connectivity index (χ0v) is 12.0. The van der Waals surface area contributed by atoms with E-state index in [0.29, 0.717) is 17.7 Å². The molecule has 0 unspecified atom stereocenters. The molecule has 0 saturated heterocycles. The minimum atomic E-state index is -0.470. The van der Waals surface area contributed by atoms with Crippen LogP contribution in [0.3, 0.4) is 0 Å². The summed E-state index contributed by atoms with van der Waals surface area (Å²) >= 11 is 3.28. The fourth-order valence-corrected chi connectivity index (χ4v) is 1.82. The van der Waals surface area contributed by atoms with E-state index in [4.69, 9.17) is 0 Å². The molecule has 1 amide bonds. The molecule has 1 aromatic carbocycles. The molecule has 4 nitrogen and oxygen atoms in total. The van der Waals surface area contributed by atoms with Crippen LogP contribution in [0.15, 0.2) is 22.7 Å². The summed E-state index contributed by atoms with van der Waals surface area (Å²) in [5, 5.41) is 2.73. The van der Waals surface area contributed by atoms with Crippen molar-refractivity contribution in [2.75, 3.05) is 12.4 Å². The summed E-state index contributed by atoms with van der Waals surface area (Å²) in [6, 6.07) is 5.07. The summed E-state index contributed by atoms with van der Waals surface area (Å²) < 4.78 is 5.44. The first-order chi connectivity index (χ1) is 8.58. The quantitative estimate of drug-likeness (QED) is 0.848. The molecule has 1 N–H and O–H groups in total. The number of esters is 1. The van der Waals surface area contributed by atoms with Crippen molar-refractivity contribution >= 4 is 33.5 Å². The van der Waals surface area contributed by atoms with Gasteiger partial charge in [-0.15, -0.1) is 0 Å². The minimum absolute atomic E-state index is 0.0932. The molecule has 1 rings (SSSR count). The monoisotopic (exact) mass is 313 g/mol. The van der Waals surface area contributed by atoms with Crippen LogP contribution in [0.5, 0.6) is 0 Å². The Kier molecular flexibility index (Phi) is 5.85. The Balaban J connectivity index is 2.87. The number of hydrogen-bond acceptors (Lipinski definition) is 3. The van der Waals surface area contributed by atoms with E-state index >= 15 is 0 Å². The second kappa shape index (κ2) is 7.16. The second-order valence-electron chi connectivity index (χ2n) is 3.83. The highest BCUT2D eigenvalue weighted by Crippen LogP contribution is 2.22. The average molecular weight is 314 g/mol. The molecule has 98 valence electrons. The minimum Gasteiger partial charge on any atom is -0.465 e. The van der Waals surface area contributed by atoms with Crippen LogP contribution in [0.4, 0.5) is 5.69 Å². The van der Waals surface area contributed by atoms with E-state index in [2.05, 4.69) is 26.0 Å². The molecule has 0 atom stereocenters. The van der Waals surface area contributed by atoms with Crippen molar-refractivity contribution in [3.05, 3.63) is 28.2 Å². The zero-order chi connectivity index (χ0) is 13.5. The number of nitrogens with one attached hydrogen (secondary N) is 1. The molecular weight excluding hydrogens is 298 g/mol. The molecule has 0 saturated carbocycles. The van der Waals surface area contributed by atoms with E-state index in [9.17, 15) is 9.59 Å². The predicted molar refractivity (Wildman–Crippen MR) is 73.6 cm³/mol. The van der Waals surface area contributed by atoms with Gasteiger partial charge >= 0.3 is 5.97 Å². The third kappa shape index (κ3) is 4.14. The Morgan fingerprint density at radius 3 is 2.72 bits per heavy atom. The van der Waals surface area contributed by atoms with Gasteiger partial charge in [0.1, 0.15) is 0 Å². The summed E-state index contributed by atoms with van der Waals surface area (Å²) in [5.41, 5.74) is 0.822. The topological polar surface area (TPSA) is 55.4 Å². The van der Waals surface area contributed by atoms with E-state index in [1.165, 1.54) is 7.11 Å². The average Bonchev–Trinajstić information content (AvgIpc) is 2.37. The van der Waals surface area contributed by atoms with Crippen LogP contribution in [0, 0.1) is 0 Å². The number of hydrogen-bond donors (Lipinski definition) is 1. The lowest BCUT2D eigenvalue weighted by atomic mass is 10.1. The molecule has 0 spiro atoms. The van der Waals surface area contributed by atoms with Crippen molar-refractivity contribution in [2.24, 2.45) is 0 Å². The highest BCUT2D eigenvalue weighted by atomic mass is 79.9. The first-order valence-corrected chi connectivity index (χ1v) is 6.55. The van der Waals surface area contributed by atoms with Crippen molar-refractivity contribution in [3.63, 3.8) is 0 Å². The van der Waals surface area contributed by atoms with Gasteiger partial charge in [0, 0.05) is 10.9 Å². The number of rotatable bonds is 5. The summed E-state index contributed by atoms with van der Waals surface area (Å²) in [4.78, 5) is 23.2. The molecular formula is C13H16BrNO3. The molecule has 0 aliphatic rings. The lowest BCUT2D eigenvalue weighted by Crippen LogP contribution is -2.14. The maximum atomic E-state index is 11.6. The zero-order valence-electron chi connectivity index (χ0n) is 10.5. The molecule has 5 heteroatoms. The van der Waals surface area contributed by atoms with Crippen LogP contribution in [-0.2, 0) is 9.53 Å². The second-order valence-corrected chi connectivity index (χ2v) is 4.75. The Bertz CT molecular complexity index is 446.